The Bertz CT molecular complexity index is 327. The third kappa shape index (κ3) is 5.16. The van der Waals surface area contributed by atoms with Gasteiger partial charge in [-0.3, -0.25) is 0 Å². The topological polar surface area (TPSA) is 0 Å². The molecule has 0 radical (unpaired) electrons. The van der Waals surface area contributed by atoms with Gasteiger partial charge in [0.2, 0.25) is 0 Å². The molecule has 0 spiro atoms. The Labute approximate surface area is 92.1 Å². The fraction of sp³-hybridized carbons (Fsp3) is 0.333. The highest BCUT2D eigenvalue weighted by Gasteiger charge is 2.06. The molecule has 1 aromatic rings. The molecule has 0 bridgehead atoms. The molecule has 0 amide bonds. The average Bonchev–Trinajstić information content (AvgIpc) is 2.13. The number of rotatable bonds is 2. The largest absolute Gasteiger partial charge is 0.131 e. The number of hydrogen-bond donors (Lipinski definition) is 0. The molecule has 0 aliphatic rings. The van der Waals surface area contributed by atoms with Crippen molar-refractivity contribution in [3.8, 4) is 11.5 Å². The molecule has 0 heterocycles. The van der Waals surface area contributed by atoms with Crippen LogP contribution < -0.4 is 0 Å². The fourth-order valence-corrected chi connectivity index (χ4v) is 2.34. The van der Waals surface area contributed by atoms with Crippen LogP contribution in [0.5, 0.6) is 0 Å². The number of benzene rings is 1. The van der Waals surface area contributed by atoms with Crippen LogP contribution in [0.4, 0.5) is 0 Å². The van der Waals surface area contributed by atoms with Crippen LogP contribution in [0.2, 0.25) is 19.6 Å². The van der Waals surface area contributed by atoms with Gasteiger partial charge in [-0.2, -0.15) is 0 Å². The normalized spacial score (nSPS) is 10.5. The zero-order chi connectivity index (χ0) is 10.4. The summed E-state index contributed by atoms with van der Waals surface area (Å²) in [5, 5.41) is 0. The third-order valence-electron chi connectivity index (χ3n) is 1.52. The third-order valence-corrected chi connectivity index (χ3v) is 3.34. The average molecular weight is 220 g/mol. The number of thioether (sulfide) groups is 1. The second-order valence-electron chi connectivity index (χ2n) is 4.15. The summed E-state index contributed by atoms with van der Waals surface area (Å²) in [5.41, 5.74) is 3.36. The van der Waals surface area contributed by atoms with E-state index in [0.717, 1.165) is 5.75 Å². The maximum absolute atomic E-state index is 3.36. The maximum atomic E-state index is 3.36. The SMILES string of the molecule is C[Si](C)(C)C#CCSc1ccccc1. The Morgan fingerprint density at radius 3 is 2.36 bits per heavy atom. The molecule has 0 nitrogen and oxygen atoms in total. The summed E-state index contributed by atoms with van der Waals surface area (Å²) in [7, 11) is -1.17. The van der Waals surface area contributed by atoms with E-state index in [-0.39, 0.29) is 0 Å². The highest BCUT2D eigenvalue weighted by Crippen LogP contribution is 2.15. The van der Waals surface area contributed by atoms with Gasteiger partial charge in [-0.05, 0) is 12.1 Å². The highest BCUT2D eigenvalue weighted by atomic mass is 32.2. The zero-order valence-electron chi connectivity index (χ0n) is 9.00. The molecule has 0 atom stereocenters. The van der Waals surface area contributed by atoms with Crippen LogP contribution in [0, 0.1) is 11.5 Å². The summed E-state index contributed by atoms with van der Waals surface area (Å²) in [4.78, 5) is 1.30. The smallest absolute Gasteiger partial charge is 0.129 e. The Morgan fingerprint density at radius 2 is 1.79 bits per heavy atom. The molecule has 14 heavy (non-hydrogen) atoms. The van der Waals surface area contributed by atoms with Gasteiger partial charge in [0.15, 0.2) is 0 Å². The van der Waals surface area contributed by atoms with Crippen LogP contribution in [0.1, 0.15) is 0 Å². The summed E-state index contributed by atoms with van der Waals surface area (Å²) < 4.78 is 0. The minimum Gasteiger partial charge on any atom is -0.131 e. The van der Waals surface area contributed by atoms with Gasteiger partial charge >= 0.3 is 0 Å². The summed E-state index contributed by atoms with van der Waals surface area (Å²) >= 11 is 1.81. The van der Waals surface area contributed by atoms with Crippen molar-refractivity contribution in [1.82, 2.24) is 0 Å². The minimum absolute atomic E-state index is 0.911. The first kappa shape index (κ1) is 11.4. The predicted octanol–water partition coefficient (Wildman–Crippen LogP) is 3.66. The molecule has 0 fully saturated rings. The lowest BCUT2D eigenvalue weighted by Gasteiger charge is -2.03. The molecule has 0 aliphatic carbocycles. The van der Waals surface area contributed by atoms with E-state index in [9.17, 15) is 0 Å². The molecule has 0 saturated heterocycles. The van der Waals surface area contributed by atoms with Crippen LogP contribution in [-0.4, -0.2) is 13.8 Å². The van der Waals surface area contributed by atoms with Gasteiger partial charge in [0.25, 0.3) is 0 Å². The molecular weight excluding hydrogens is 204 g/mol. The van der Waals surface area contributed by atoms with E-state index in [4.69, 9.17) is 0 Å². The van der Waals surface area contributed by atoms with E-state index < -0.39 is 8.07 Å². The lowest BCUT2D eigenvalue weighted by Crippen LogP contribution is -2.16. The van der Waals surface area contributed by atoms with Gasteiger partial charge in [0, 0.05) is 4.90 Å². The lowest BCUT2D eigenvalue weighted by atomic mass is 10.4. The summed E-state index contributed by atoms with van der Waals surface area (Å²) in [6.45, 7) is 6.81. The van der Waals surface area contributed by atoms with Gasteiger partial charge < -0.3 is 0 Å². The summed E-state index contributed by atoms with van der Waals surface area (Å²) in [6.07, 6.45) is 0. The quantitative estimate of drug-likeness (QED) is 0.416. The van der Waals surface area contributed by atoms with Crippen LogP contribution in [0.15, 0.2) is 35.2 Å². The lowest BCUT2D eigenvalue weighted by molar-refractivity contribution is 1.46. The van der Waals surface area contributed by atoms with Gasteiger partial charge in [0.1, 0.15) is 8.07 Å². The van der Waals surface area contributed by atoms with Crippen molar-refractivity contribution in [1.29, 1.82) is 0 Å². The van der Waals surface area contributed by atoms with Crippen molar-refractivity contribution < 1.29 is 0 Å². The van der Waals surface area contributed by atoms with Crippen LogP contribution in [0.25, 0.3) is 0 Å². The molecule has 2 heteroatoms. The monoisotopic (exact) mass is 220 g/mol. The molecule has 0 unspecified atom stereocenters. The molecular formula is C12H16SSi. The van der Waals surface area contributed by atoms with E-state index >= 15 is 0 Å². The van der Waals surface area contributed by atoms with Gasteiger partial charge in [-0.25, -0.2) is 0 Å². The van der Waals surface area contributed by atoms with E-state index in [1.54, 1.807) is 0 Å². The fourth-order valence-electron chi connectivity index (χ4n) is 0.937. The Kier molecular flexibility index (Phi) is 4.31. The van der Waals surface area contributed by atoms with E-state index in [2.05, 4.69) is 55.4 Å². The maximum Gasteiger partial charge on any atom is 0.129 e. The van der Waals surface area contributed by atoms with Crippen LogP contribution >= 0.6 is 11.8 Å². The van der Waals surface area contributed by atoms with Crippen molar-refractivity contribution in [3.05, 3.63) is 30.3 Å². The molecule has 1 aromatic carbocycles. The summed E-state index contributed by atoms with van der Waals surface area (Å²) in [5.74, 6) is 4.16. The van der Waals surface area contributed by atoms with Crippen molar-refractivity contribution in [3.63, 3.8) is 0 Å². The highest BCUT2D eigenvalue weighted by molar-refractivity contribution is 7.99. The standard InChI is InChI=1S/C12H16SSi/c1-14(2,3)11-7-10-13-12-8-5-4-6-9-12/h4-6,8-9H,10H2,1-3H3. The van der Waals surface area contributed by atoms with Crippen molar-refractivity contribution in [2.75, 3.05) is 5.75 Å². The molecule has 1 rings (SSSR count). The first-order valence-electron chi connectivity index (χ1n) is 4.76. The van der Waals surface area contributed by atoms with Gasteiger partial charge in [0.05, 0.1) is 5.75 Å². The van der Waals surface area contributed by atoms with Crippen LogP contribution in [-0.2, 0) is 0 Å². The Morgan fingerprint density at radius 1 is 1.14 bits per heavy atom. The van der Waals surface area contributed by atoms with E-state index in [1.165, 1.54) is 4.90 Å². The van der Waals surface area contributed by atoms with Crippen molar-refractivity contribution in [2.24, 2.45) is 0 Å². The second kappa shape index (κ2) is 5.28. The van der Waals surface area contributed by atoms with Crippen molar-refractivity contribution in [2.45, 2.75) is 24.5 Å². The van der Waals surface area contributed by atoms with E-state index in [1.807, 2.05) is 17.8 Å². The van der Waals surface area contributed by atoms with Gasteiger partial charge in [-0.15, -0.1) is 17.3 Å². The summed E-state index contributed by atoms with van der Waals surface area (Å²) in [6, 6.07) is 10.4. The first-order chi connectivity index (χ1) is 6.58. The molecule has 0 aliphatic heterocycles. The molecule has 0 aromatic heterocycles. The second-order valence-corrected chi connectivity index (χ2v) is 9.95. The Balaban J connectivity index is 2.39. The molecule has 74 valence electrons. The molecule has 0 N–H and O–H groups in total. The molecule has 0 saturated carbocycles. The van der Waals surface area contributed by atoms with E-state index in [0.29, 0.717) is 0 Å². The zero-order valence-corrected chi connectivity index (χ0v) is 10.8. The van der Waals surface area contributed by atoms with Crippen molar-refractivity contribution >= 4 is 19.8 Å². The van der Waals surface area contributed by atoms with Crippen LogP contribution in [0.3, 0.4) is 0 Å². The Hall–Kier alpha value is -0.653. The van der Waals surface area contributed by atoms with Gasteiger partial charge in [-0.1, -0.05) is 43.8 Å². The first-order valence-corrected chi connectivity index (χ1v) is 9.24. The minimum atomic E-state index is -1.17. The predicted molar refractivity (Wildman–Crippen MR) is 68.3 cm³/mol. The number of hydrogen-bond acceptors (Lipinski definition) is 1.